The highest BCUT2D eigenvalue weighted by Crippen LogP contribution is 2.15. The van der Waals surface area contributed by atoms with Crippen LogP contribution in [0.4, 0.5) is 5.82 Å². The Kier molecular flexibility index (Phi) is 4.55. The van der Waals surface area contributed by atoms with Crippen molar-refractivity contribution < 1.29 is 9.21 Å². The molecule has 5 nitrogen and oxygen atoms in total. The molecule has 1 N–H and O–H groups in total. The summed E-state index contributed by atoms with van der Waals surface area (Å²) < 4.78 is 7.67. The number of carbonyl (C=O) groups excluding carboxylic acids is 1. The number of hydrogen-bond acceptors (Lipinski definition) is 4. The number of carbonyl (C=O) groups is 1. The molecule has 0 atom stereocenters. The van der Waals surface area contributed by atoms with Crippen LogP contribution in [-0.2, 0) is 11.3 Å². The van der Waals surface area contributed by atoms with E-state index in [1.54, 1.807) is 46.5 Å². The second-order valence-electron chi connectivity index (χ2n) is 4.47. The summed E-state index contributed by atoms with van der Waals surface area (Å²) in [5, 5.41) is 11.1. The molecule has 0 spiro atoms. The van der Waals surface area contributed by atoms with Crippen LogP contribution in [0.25, 0.3) is 6.08 Å². The Balaban J connectivity index is 1.64. The van der Waals surface area contributed by atoms with Crippen LogP contribution >= 0.6 is 27.3 Å². The molecule has 0 aliphatic heterocycles. The van der Waals surface area contributed by atoms with Crippen molar-refractivity contribution in [2.75, 3.05) is 5.32 Å². The highest BCUT2D eigenvalue weighted by atomic mass is 79.9. The molecule has 1 amide bonds. The van der Waals surface area contributed by atoms with Crippen molar-refractivity contribution in [1.29, 1.82) is 0 Å². The first-order valence-electron chi connectivity index (χ1n) is 6.48. The Morgan fingerprint density at radius 1 is 1.41 bits per heavy atom. The number of hydrogen-bond donors (Lipinski definition) is 1. The number of nitrogens with one attached hydrogen (secondary N) is 1. The molecule has 0 saturated heterocycles. The molecule has 3 rings (SSSR count). The van der Waals surface area contributed by atoms with Crippen molar-refractivity contribution >= 4 is 45.1 Å². The van der Waals surface area contributed by atoms with Gasteiger partial charge in [0.2, 0.25) is 5.91 Å². The van der Waals surface area contributed by atoms with E-state index in [2.05, 4.69) is 31.7 Å². The molecule has 0 saturated carbocycles. The van der Waals surface area contributed by atoms with Gasteiger partial charge in [0.05, 0.1) is 12.7 Å². The van der Waals surface area contributed by atoms with Crippen molar-refractivity contribution in [2.45, 2.75) is 6.54 Å². The first-order valence-corrected chi connectivity index (χ1v) is 8.21. The van der Waals surface area contributed by atoms with Gasteiger partial charge >= 0.3 is 0 Å². The summed E-state index contributed by atoms with van der Waals surface area (Å²) in [5.74, 6) is 1.02. The number of furan rings is 1. The summed E-state index contributed by atoms with van der Waals surface area (Å²) in [4.78, 5) is 12.0. The van der Waals surface area contributed by atoms with E-state index in [1.807, 2.05) is 11.4 Å². The molecule has 0 bridgehead atoms. The fraction of sp³-hybridized carbons (Fsp3) is 0.0667. The second kappa shape index (κ2) is 6.76. The van der Waals surface area contributed by atoms with Gasteiger partial charge in [0.1, 0.15) is 11.6 Å². The van der Waals surface area contributed by atoms with Gasteiger partial charge in [-0.1, -0.05) is 0 Å². The molecule has 0 aliphatic carbocycles. The third kappa shape index (κ3) is 3.75. The van der Waals surface area contributed by atoms with Crippen LogP contribution in [0.15, 0.2) is 56.4 Å². The van der Waals surface area contributed by atoms with Crippen LogP contribution in [-0.4, -0.2) is 15.7 Å². The zero-order valence-corrected chi connectivity index (χ0v) is 13.8. The topological polar surface area (TPSA) is 60.1 Å². The van der Waals surface area contributed by atoms with Gasteiger partial charge in [-0.15, -0.1) is 0 Å². The summed E-state index contributed by atoms with van der Waals surface area (Å²) in [6.07, 6.45) is 4.70. The first kappa shape index (κ1) is 14.8. The minimum absolute atomic E-state index is 0.236. The van der Waals surface area contributed by atoms with E-state index < -0.39 is 0 Å². The molecule has 3 aromatic rings. The predicted molar refractivity (Wildman–Crippen MR) is 89.7 cm³/mol. The standard InChI is InChI=1S/C15H12BrN3O2S/c16-13-3-1-12(21-13)2-4-15(20)18-14-5-7-17-19(14)9-11-6-8-22-10-11/h1-8,10H,9H2,(H,18,20). The lowest BCUT2D eigenvalue weighted by Crippen LogP contribution is -2.13. The predicted octanol–water partition coefficient (Wildman–Crippen LogP) is 4.00. The summed E-state index contributed by atoms with van der Waals surface area (Å²) >= 11 is 4.85. The summed E-state index contributed by atoms with van der Waals surface area (Å²) in [6, 6.07) is 7.34. The zero-order chi connectivity index (χ0) is 15.4. The Labute approximate surface area is 139 Å². The number of halogens is 1. The number of nitrogens with zero attached hydrogens (tertiary/aromatic N) is 2. The maximum absolute atomic E-state index is 12.0. The van der Waals surface area contributed by atoms with E-state index in [-0.39, 0.29) is 5.91 Å². The Bertz CT molecular complexity index is 789. The van der Waals surface area contributed by atoms with E-state index >= 15 is 0 Å². The van der Waals surface area contributed by atoms with Gasteiger partial charge in [0.15, 0.2) is 4.67 Å². The maximum Gasteiger partial charge on any atom is 0.249 e. The van der Waals surface area contributed by atoms with Gasteiger partial charge in [0, 0.05) is 12.1 Å². The van der Waals surface area contributed by atoms with Crippen LogP contribution in [0.5, 0.6) is 0 Å². The van der Waals surface area contributed by atoms with E-state index in [1.165, 1.54) is 6.08 Å². The van der Waals surface area contributed by atoms with Gasteiger partial charge in [0.25, 0.3) is 0 Å². The van der Waals surface area contributed by atoms with Gasteiger partial charge in [-0.2, -0.15) is 16.4 Å². The molecular formula is C15H12BrN3O2S. The van der Waals surface area contributed by atoms with E-state index in [0.717, 1.165) is 5.56 Å². The largest absolute Gasteiger partial charge is 0.450 e. The van der Waals surface area contributed by atoms with E-state index in [4.69, 9.17) is 4.42 Å². The van der Waals surface area contributed by atoms with Crippen LogP contribution in [0.2, 0.25) is 0 Å². The van der Waals surface area contributed by atoms with Crippen molar-refractivity contribution in [3.05, 3.63) is 63.3 Å². The Hall–Kier alpha value is -2.12. The monoisotopic (exact) mass is 377 g/mol. The molecule has 7 heteroatoms. The fourth-order valence-corrected chi connectivity index (χ4v) is 2.84. The molecule has 112 valence electrons. The zero-order valence-electron chi connectivity index (χ0n) is 11.4. The van der Waals surface area contributed by atoms with Crippen LogP contribution in [0.1, 0.15) is 11.3 Å². The maximum atomic E-state index is 12.0. The lowest BCUT2D eigenvalue weighted by molar-refractivity contribution is -0.111. The lowest BCUT2D eigenvalue weighted by atomic mass is 10.3. The third-order valence-electron chi connectivity index (χ3n) is 2.87. The Morgan fingerprint density at radius 3 is 3.05 bits per heavy atom. The van der Waals surface area contributed by atoms with Crippen molar-refractivity contribution in [1.82, 2.24) is 9.78 Å². The van der Waals surface area contributed by atoms with Crippen molar-refractivity contribution in [3.63, 3.8) is 0 Å². The van der Waals surface area contributed by atoms with Gasteiger partial charge in [-0.3, -0.25) is 4.79 Å². The molecule has 0 radical (unpaired) electrons. The molecule has 22 heavy (non-hydrogen) atoms. The molecule has 0 aliphatic rings. The summed E-state index contributed by atoms with van der Waals surface area (Å²) in [5.41, 5.74) is 1.15. The minimum Gasteiger partial charge on any atom is -0.450 e. The van der Waals surface area contributed by atoms with Crippen molar-refractivity contribution in [2.24, 2.45) is 0 Å². The van der Waals surface area contributed by atoms with Crippen LogP contribution < -0.4 is 5.32 Å². The quantitative estimate of drug-likeness (QED) is 0.683. The normalized spacial score (nSPS) is 11.1. The minimum atomic E-state index is -0.236. The molecule has 0 fully saturated rings. The van der Waals surface area contributed by atoms with Crippen LogP contribution in [0.3, 0.4) is 0 Å². The number of amides is 1. The number of aromatic nitrogens is 2. The molecule has 3 heterocycles. The molecular weight excluding hydrogens is 366 g/mol. The van der Waals surface area contributed by atoms with E-state index in [0.29, 0.717) is 22.8 Å². The summed E-state index contributed by atoms with van der Waals surface area (Å²) in [6.45, 7) is 0.626. The fourth-order valence-electron chi connectivity index (χ4n) is 1.86. The SMILES string of the molecule is O=C(C=Cc1ccc(Br)o1)Nc1ccnn1Cc1ccsc1. The number of anilines is 1. The smallest absolute Gasteiger partial charge is 0.249 e. The molecule has 3 aromatic heterocycles. The second-order valence-corrected chi connectivity index (χ2v) is 6.03. The molecule has 0 aromatic carbocycles. The number of rotatable bonds is 5. The van der Waals surface area contributed by atoms with E-state index in [9.17, 15) is 4.79 Å². The lowest BCUT2D eigenvalue weighted by Gasteiger charge is -2.06. The number of thiophene rings is 1. The van der Waals surface area contributed by atoms with Crippen molar-refractivity contribution in [3.8, 4) is 0 Å². The van der Waals surface area contributed by atoms with Crippen LogP contribution in [0, 0.1) is 0 Å². The average molecular weight is 378 g/mol. The first-order chi connectivity index (χ1) is 10.7. The highest BCUT2D eigenvalue weighted by Gasteiger charge is 2.06. The third-order valence-corrected chi connectivity index (χ3v) is 4.03. The van der Waals surface area contributed by atoms with Gasteiger partial charge in [-0.05, 0) is 56.5 Å². The Morgan fingerprint density at radius 2 is 2.32 bits per heavy atom. The molecule has 0 unspecified atom stereocenters. The van der Waals surface area contributed by atoms with Gasteiger partial charge < -0.3 is 9.73 Å². The van der Waals surface area contributed by atoms with Gasteiger partial charge in [-0.25, -0.2) is 4.68 Å². The summed E-state index contributed by atoms with van der Waals surface area (Å²) in [7, 11) is 0. The average Bonchev–Trinajstić information content (AvgIpc) is 3.22. The highest BCUT2D eigenvalue weighted by molar-refractivity contribution is 9.10.